The van der Waals surface area contributed by atoms with Crippen molar-refractivity contribution in [2.24, 2.45) is 0 Å². The van der Waals surface area contributed by atoms with Crippen molar-refractivity contribution >= 4 is 14.0 Å². The van der Waals surface area contributed by atoms with E-state index in [2.05, 4.69) is 23.1 Å². The lowest BCUT2D eigenvalue weighted by atomic mass is 10.2. The first-order chi connectivity index (χ1) is 7.68. The Hall–Kier alpha value is -1.68. The number of hydrogen-bond donors (Lipinski definition) is 1. The van der Waals surface area contributed by atoms with Crippen LogP contribution in [0.25, 0.3) is 11.4 Å². The number of nitrogens with zero attached hydrogens (tertiary/aromatic N) is 2. The van der Waals surface area contributed by atoms with Crippen molar-refractivity contribution in [2.75, 3.05) is 0 Å². The smallest absolute Gasteiger partial charge is 0.133 e. The fourth-order valence-corrected chi connectivity index (χ4v) is 2.90. The maximum Gasteiger partial charge on any atom is 0.133 e. The molecular formula is C12H14N2OSi. The van der Waals surface area contributed by atoms with Gasteiger partial charge >= 0.3 is 0 Å². The van der Waals surface area contributed by atoms with Gasteiger partial charge in [0.1, 0.15) is 5.75 Å². The van der Waals surface area contributed by atoms with Gasteiger partial charge in [0.15, 0.2) is 0 Å². The predicted octanol–water partition coefficient (Wildman–Crippen LogP) is 1.54. The van der Waals surface area contributed by atoms with Crippen LogP contribution >= 0.6 is 0 Å². The second-order valence-electron chi connectivity index (χ2n) is 4.00. The highest BCUT2D eigenvalue weighted by atomic mass is 28.3. The van der Waals surface area contributed by atoms with Gasteiger partial charge in [-0.15, -0.1) is 0 Å². The van der Waals surface area contributed by atoms with Crippen LogP contribution < -0.4 is 5.19 Å². The molecular weight excluding hydrogens is 216 g/mol. The molecule has 0 atom stereocenters. The Morgan fingerprint density at radius 3 is 2.62 bits per heavy atom. The third-order valence-corrected chi connectivity index (χ3v) is 4.12. The molecule has 16 heavy (non-hydrogen) atoms. The third kappa shape index (κ3) is 2.11. The summed E-state index contributed by atoms with van der Waals surface area (Å²) in [5.74, 6) is 0.232. The van der Waals surface area contributed by atoms with Gasteiger partial charge in [0.05, 0.1) is 26.4 Å². The summed E-state index contributed by atoms with van der Waals surface area (Å²) in [4.78, 5) is 8.59. The summed E-state index contributed by atoms with van der Waals surface area (Å²) in [6.45, 7) is 4.42. The topological polar surface area (TPSA) is 46.0 Å². The standard InChI is InChI=1S/C12H14N2OSi/c1-16(2)11-7-9(15)8-14-12(11)10-5-3-4-6-13-10/h3-8,15-16H,1-2H3. The molecule has 0 spiro atoms. The number of hydrogen-bond acceptors (Lipinski definition) is 3. The Morgan fingerprint density at radius 2 is 2.00 bits per heavy atom. The van der Waals surface area contributed by atoms with Crippen LogP contribution in [0.15, 0.2) is 36.7 Å². The van der Waals surface area contributed by atoms with Crippen LogP contribution in [0.5, 0.6) is 5.75 Å². The average molecular weight is 230 g/mol. The van der Waals surface area contributed by atoms with Gasteiger partial charge in [-0.05, 0) is 23.4 Å². The van der Waals surface area contributed by atoms with E-state index in [9.17, 15) is 5.11 Å². The van der Waals surface area contributed by atoms with E-state index in [-0.39, 0.29) is 5.75 Å². The summed E-state index contributed by atoms with van der Waals surface area (Å²) < 4.78 is 0. The summed E-state index contributed by atoms with van der Waals surface area (Å²) >= 11 is 0. The van der Waals surface area contributed by atoms with Crippen LogP contribution in [0.3, 0.4) is 0 Å². The molecule has 0 aliphatic carbocycles. The molecule has 0 bridgehead atoms. The van der Waals surface area contributed by atoms with Crippen LogP contribution in [0, 0.1) is 0 Å². The number of rotatable bonds is 2. The molecule has 0 saturated carbocycles. The van der Waals surface area contributed by atoms with E-state index in [1.807, 2.05) is 24.3 Å². The van der Waals surface area contributed by atoms with Gasteiger partial charge in [-0.1, -0.05) is 19.2 Å². The normalized spacial score (nSPS) is 10.7. The van der Waals surface area contributed by atoms with Crippen molar-refractivity contribution in [3.05, 3.63) is 36.7 Å². The Balaban J connectivity index is 2.57. The zero-order chi connectivity index (χ0) is 11.5. The molecule has 0 radical (unpaired) electrons. The van der Waals surface area contributed by atoms with Gasteiger partial charge in [0.2, 0.25) is 0 Å². The van der Waals surface area contributed by atoms with E-state index in [1.165, 1.54) is 6.20 Å². The van der Waals surface area contributed by atoms with E-state index in [0.717, 1.165) is 16.6 Å². The van der Waals surface area contributed by atoms with E-state index < -0.39 is 8.80 Å². The van der Waals surface area contributed by atoms with Crippen molar-refractivity contribution in [3.8, 4) is 17.1 Å². The van der Waals surface area contributed by atoms with Crippen molar-refractivity contribution in [1.82, 2.24) is 9.97 Å². The van der Waals surface area contributed by atoms with Gasteiger partial charge < -0.3 is 5.11 Å². The molecule has 0 aliphatic heterocycles. The minimum absolute atomic E-state index is 0.232. The first kappa shape index (κ1) is 10.8. The van der Waals surface area contributed by atoms with Crippen LogP contribution in [-0.4, -0.2) is 23.9 Å². The molecule has 1 N–H and O–H groups in total. The predicted molar refractivity (Wildman–Crippen MR) is 67.6 cm³/mol. The van der Waals surface area contributed by atoms with Gasteiger partial charge in [-0.2, -0.15) is 0 Å². The highest BCUT2D eigenvalue weighted by Crippen LogP contribution is 2.15. The molecule has 2 heterocycles. The fourth-order valence-electron chi connectivity index (χ4n) is 1.63. The van der Waals surface area contributed by atoms with Gasteiger partial charge in [-0.3, -0.25) is 9.97 Å². The largest absolute Gasteiger partial charge is 0.506 e. The van der Waals surface area contributed by atoms with Crippen molar-refractivity contribution in [1.29, 1.82) is 0 Å². The molecule has 0 aliphatic rings. The molecule has 0 saturated heterocycles. The number of aromatic hydroxyl groups is 1. The fraction of sp³-hybridized carbons (Fsp3) is 0.167. The molecule has 2 aromatic heterocycles. The van der Waals surface area contributed by atoms with Gasteiger partial charge in [0.25, 0.3) is 0 Å². The van der Waals surface area contributed by atoms with Crippen molar-refractivity contribution in [2.45, 2.75) is 13.1 Å². The minimum Gasteiger partial charge on any atom is -0.506 e. The first-order valence-corrected chi connectivity index (χ1v) is 8.17. The van der Waals surface area contributed by atoms with Gasteiger partial charge in [-0.25, -0.2) is 0 Å². The Labute approximate surface area is 96.4 Å². The van der Waals surface area contributed by atoms with Crippen LogP contribution in [-0.2, 0) is 0 Å². The highest BCUT2D eigenvalue weighted by molar-refractivity contribution is 6.72. The van der Waals surface area contributed by atoms with Crippen LogP contribution in [0.4, 0.5) is 0 Å². The Morgan fingerprint density at radius 1 is 1.19 bits per heavy atom. The maximum atomic E-state index is 9.47. The SMILES string of the molecule is C[SiH](C)c1cc(O)cnc1-c1ccccn1. The summed E-state index contributed by atoms with van der Waals surface area (Å²) in [6, 6.07) is 7.59. The lowest BCUT2D eigenvalue weighted by Gasteiger charge is -2.10. The molecule has 2 rings (SSSR count). The zero-order valence-corrected chi connectivity index (χ0v) is 10.5. The quantitative estimate of drug-likeness (QED) is 0.796. The van der Waals surface area contributed by atoms with E-state index in [0.29, 0.717) is 0 Å². The molecule has 4 heteroatoms. The van der Waals surface area contributed by atoms with Crippen LogP contribution in [0.1, 0.15) is 0 Å². The second-order valence-corrected chi connectivity index (χ2v) is 6.93. The molecule has 0 fully saturated rings. The molecule has 3 nitrogen and oxygen atoms in total. The summed E-state index contributed by atoms with van der Waals surface area (Å²) in [5.41, 5.74) is 1.78. The summed E-state index contributed by atoms with van der Waals surface area (Å²) in [5, 5.41) is 10.6. The maximum absolute atomic E-state index is 9.47. The lowest BCUT2D eigenvalue weighted by Crippen LogP contribution is -2.26. The zero-order valence-electron chi connectivity index (χ0n) is 9.38. The van der Waals surface area contributed by atoms with E-state index in [4.69, 9.17) is 0 Å². The van der Waals surface area contributed by atoms with Crippen LogP contribution in [0.2, 0.25) is 13.1 Å². The molecule has 0 aromatic carbocycles. The third-order valence-electron chi connectivity index (χ3n) is 2.43. The van der Waals surface area contributed by atoms with E-state index >= 15 is 0 Å². The average Bonchev–Trinajstić information content (AvgIpc) is 2.30. The van der Waals surface area contributed by atoms with Crippen molar-refractivity contribution in [3.63, 3.8) is 0 Å². The Kier molecular flexibility index (Phi) is 3.01. The lowest BCUT2D eigenvalue weighted by molar-refractivity contribution is 0.473. The first-order valence-electron chi connectivity index (χ1n) is 5.29. The number of pyridine rings is 2. The molecule has 2 aromatic rings. The molecule has 0 unspecified atom stereocenters. The molecule has 0 amide bonds. The van der Waals surface area contributed by atoms with Crippen molar-refractivity contribution < 1.29 is 5.11 Å². The molecule has 82 valence electrons. The second kappa shape index (κ2) is 4.45. The summed E-state index contributed by atoms with van der Waals surface area (Å²) in [6.07, 6.45) is 3.24. The highest BCUT2D eigenvalue weighted by Gasteiger charge is 2.12. The summed E-state index contributed by atoms with van der Waals surface area (Å²) in [7, 11) is -1.03. The number of aromatic nitrogens is 2. The van der Waals surface area contributed by atoms with Gasteiger partial charge in [0, 0.05) is 6.20 Å². The Bertz CT molecular complexity index is 486. The van der Waals surface area contributed by atoms with E-state index in [1.54, 1.807) is 6.20 Å². The monoisotopic (exact) mass is 230 g/mol. The minimum atomic E-state index is -1.03.